The largest absolute Gasteiger partial charge is 0.465 e. The van der Waals surface area contributed by atoms with Crippen LogP contribution in [0.2, 0.25) is 0 Å². The molecule has 2 aromatic carbocycles. The molecular formula is C22H23NO2. The van der Waals surface area contributed by atoms with Crippen LogP contribution in [-0.4, -0.2) is 13.1 Å². The minimum atomic E-state index is -0.243. The highest BCUT2D eigenvalue weighted by Gasteiger charge is 2.53. The van der Waals surface area contributed by atoms with Crippen molar-refractivity contribution in [2.24, 2.45) is 17.8 Å². The van der Waals surface area contributed by atoms with Gasteiger partial charge in [0.2, 0.25) is 0 Å². The summed E-state index contributed by atoms with van der Waals surface area (Å²) in [6, 6.07) is 17.2. The highest BCUT2D eigenvalue weighted by molar-refractivity contribution is 5.90. The third kappa shape index (κ3) is 2.21. The fraction of sp³-hybridized carbons (Fsp3) is 0.409. The molecule has 128 valence electrons. The standard InChI is InChI=1S/C22H23NO2/c1-25-22(24)16-9-10-18-17(12-16)19-14-7-8-15(11-14)20(19)21(23-18)13-5-3-2-4-6-13/h2-6,9-10,12,14-15,19-21,23H,7-8,11H2,1H3/t14-,15-,19-,20+,21+/m0/s1. The third-order valence-electron chi connectivity index (χ3n) is 6.67. The maximum atomic E-state index is 12.0. The van der Waals surface area contributed by atoms with Crippen LogP contribution in [-0.2, 0) is 4.74 Å². The number of carbonyl (C=O) groups is 1. The molecule has 2 aromatic rings. The molecule has 3 aliphatic rings. The number of hydrogen-bond acceptors (Lipinski definition) is 3. The van der Waals surface area contributed by atoms with Gasteiger partial charge in [-0.1, -0.05) is 30.3 Å². The van der Waals surface area contributed by atoms with E-state index in [-0.39, 0.29) is 5.97 Å². The predicted molar refractivity (Wildman–Crippen MR) is 97.6 cm³/mol. The Labute approximate surface area is 148 Å². The molecule has 0 spiro atoms. The maximum absolute atomic E-state index is 12.0. The van der Waals surface area contributed by atoms with E-state index in [1.807, 2.05) is 6.07 Å². The van der Waals surface area contributed by atoms with Crippen molar-refractivity contribution in [2.75, 3.05) is 12.4 Å². The molecule has 2 saturated carbocycles. The van der Waals surface area contributed by atoms with Gasteiger partial charge in [-0.2, -0.15) is 0 Å². The number of anilines is 1. The summed E-state index contributed by atoms with van der Waals surface area (Å²) in [5.74, 6) is 2.50. The number of ether oxygens (including phenoxy) is 1. The van der Waals surface area contributed by atoms with E-state index in [0.717, 1.165) is 11.8 Å². The fourth-order valence-electron chi connectivity index (χ4n) is 5.72. The average molecular weight is 333 g/mol. The summed E-state index contributed by atoms with van der Waals surface area (Å²) < 4.78 is 4.93. The molecule has 0 radical (unpaired) electrons. The number of methoxy groups -OCH3 is 1. The predicted octanol–water partition coefficient (Wildman–Crippen LogP) is 4.77. The Morgan fingerprint density at radius 1 is 1.08 bits per heavy atom. The van der Waals surface area contributed by atoms with E-state index in [9.17, 15) is 4.79 Å². The Kier molecular flexibility index (Phi) is 3.37. The molecule has 25 heavy (non-hydrogen) atoms. The zero-order valence-electron chi connectivity index (χ0n) is 14.4. The fourth-order valence-corrected chi connectivity index (χ4v) is 5.72. The third-order valence-corrected chi connectivity index (χ3v) is 6.67. The minimum absolute atomic E-state index is 0.243. The molecule has 5 rings (SSSR count). The lowest BCUT2D eigenvalue weighted by atomic mass is 9.68. The van der Waals surface area contributed by atoms with Crippen molar-refractivity contribution >= 4 is 11.7 Å². The van der Waals surface area contributed by atoms with Crippen LogP contribution in [0, 0.1) is 17.8 Å². The van der Waals surface area contributed by atoms with Gasteiger partial charge in [-0.15, -0.1) is 0 Å². The van der Waals surface area contributed by atoms with Gasteiger partial charge in [0.05, 0.1) is 18.7 Å². The first kappa shape index (κ1) is 15.0. The smallest absolute Gasteiger partial charge is 0.337 e. The highest BCUT2D eigenvalue weighted by Crippen LogP contribution is 2.63. The minimum Gasteiger partial charge on any atom is -0.465 e. The van der Waals surface area contributed by atoms with Crippen molar-refractivity contribution in [3.05, 3.63) is 65.2 Å². The van der Waals surface area contributed by atoms with Crippen LogP contribution in [0.1, 0.15) is 52.7 Å². The van der Waals surface area contributed by atoms with Gasteiger partial charge in [0.25, 0.3) is 0 Å². The molecule has 1 N–H and O–H groups in total. The van der Waals surface area contributed by atoms with Crippen molar-refractivity contribution in [1.29, 1.82) is 0 Å². The van der Waals surface area contributed by atoms with Crippen LogP contribution < -0.4 is 5.32 Å². The number of rotatable bonds is 2. The summed E-state index contributed by atoms with van der Waals surface area (Å²) in [7, 11) is 1.45. The summed E-state index contributed by atoms with van der Waals surface area (Å²) in [5, 5.41) is 3.80. The Morgan fingerprint density at radius 2 is 1.88 bits per heavy atom. The molecule has 2 aliphatic carbocycles. The normalized spacial score (nSPS) is 31.8. The van der Waals surface area contributed by atoms with Crippen molar-refractivity contribution in [3.63, 3.8) is 0 Å². The summed E-state index contributed by atoms with van der Waals surface area (Å²) in [6.07, 6.45) is 4.01. The van der Waals surface area contributed by atoms with Gasteiger partial charge in [-0.25, -0.2) is 4.79 Å². The quantitative estimate of drug-likeness (QED) is 0.805. The highest BCUT2D eigenvalue weighted by atomic mass is 16.5. The topological polar surface area (TPSA) is 38.3 Å². The molecule has 0 unspecified atom stereocenters. The van der Waals surface area contributed by atoms with Crippen LogP contribution in [0.15, 0.2) is 48.5 Å². The number of nitrogens with one attached hydrogen (secondary N) is 1. The zero-order valence-corrected chi connectivity index (χ0v) is 14.4. The Balaban J connectivity index is 1.61. The summed E-state index contributed by atoms with van der Waals surface area (Å²) in [4.78, 5) is 12.0. The first-order chi connectivity index (χ1) is 12.3. The van der Waals surface area contributed by atoms with Gasteiger partial charge in [-0.05, 0) is 72.3 Å². The first-order valence-electron chi connectivity index (χ1n) is 9.30. The van der Waals surface area contributed by atoms with E-state index >= 15 is 0 Å². The van der Waals surface area contributed by atoms with Crippen LogP contribution in [0.4, 0.5) is 5.69 Å². The van der Waals surface area contributed by atoms with Crippen molar-refractivity contribution < 1.29 is 9.53 Å². The second-order valence-electron chi connectivity index (χ2n) is 7.76. The molecule has 0 saturated heterocycles. The van der Waals surface area contributed by atoms with Gasteiger partial charge in [0, 0.05) is 5.69 Å². The van der Waals surface area contributed by atoms with Crippen molar-refractivity contribution in [1.82, 2.24) is 0 Å². The molecule has 3 heteroatoms. The summed E-state index contributed by atoms with van der Waals surface area (Å²) >= 11 is 0. The lowest BCUT2D eigenvalue weighted by Gasteiger charge is -2.43. The molecule has 1 heterocycles. The lowest BCUT2D eigenvalue weighted by Crippen LogP contribution is -2.35. The van der Waals surface area contributed by atoms with Crippen LogP contribution in [0.25, 0.3) is 0 Å². The van der Waals surface area contributed by atoms with Crippen LogP contribution in [0.5, 0.6) is 0 Å². The first-order valence-corrected chi connectivity index (χ1v) is 9.30. The molecule has 2 bridgehead atoms. The Bertz CT molecular complexity index is 816. The van der Waals surface area contributed by atoms with Crippen LogP contribution in [0.3, 0.4) is 0 Å². The van der Waals surface area contributed by atoms with E-state index in [0.29, 0.717) is 23.4 Å². The van der Waals surface area contributed by atoms with E-state index < -0.39 is 0 Å². The van der Waals surface area contributed by atoms with E-state index in [2.05, 4.69) is 47.8 Å². The number of benzene rings is 2. The van der Waals surface area contributed by atoms with Crippen molar-refractivity contribution in [3.8, 4) is 0 Å². The van der Waals surface area contributed by atoms with Gasteiger partial charge in [-0.3, -0.25) is 0 Å². The molecular weight excluding hydrogens is 310 g/mol. The van der Waals surface area contributed by atoms with Crippen LogP contribution >= 0.6 is 0 Å². The van der Waals surface area contributed by atoms with E-state index in [4.69, 9.17) is 4.74 Å². The number of fused-ring (bicyclic) bond motifs is 7. The maximum Gasteiger partial charge on any atom is 0.337 e. The van der Waals surface area contributed by atoms with E-state index in [1.165, 1.54) is 43.2 Å². The van der Waals surface area contributed by atoms with Gasteiger partial charge < -0.3 is 10.1 Å². The summed E-state index contributed by atoms with van der Waals surface area (Å²) in [6.45, 7) is 0. The second kappa shape index (κ2) is 5.62. The monoisotopic (exact) mass is 333 g/mol. The summed E-state index contributed by atoms with van der Waals surface area (Å²) in [5.41, 5.74) is 4.57. The molecule has 1 aliphatic heterocycles. The number of hydrogen-bond donors (Lipinski definition) is 1. The Morgan fingerprint density at radius 3 is 2.68 bits per heavy atom. The molecule has 3 nitrogen and oxygen atoms in total. The zero-order chi connectivity index (χ0) is 17.0. The van der Waals surface area contributed by atoms with Gasteiger partial charge in [0.15, 0.2) is 0 Å². The number of esters is 1. The average Bonchev–Trinajstić information content (AvgIpc) is 3.29. The SMILES string of the molecule is COC(=O)c1ccc2c(c1)[C@@H]1[C@H]3CC[C@@H](C3)[C@H]1[C@@H](c1ccccc1)N2. The molecule has 0 aromatic heterocycles. The van der Waals surface area contributed by atoms with Gasteiger partial charge >= 0.3 is 5.97 Å². The van der Waals surface area contributed by atoms with Crippen molar-refractivity contribution in [2.45, 2.75) is 31.2 Å². The molecule has 5 atom stereocenters. The van der Waals surface area contributed by atoms with E-state index in [1.54, 1.807) is 0 Å². The lowest BCUT2D eigenvalue weighted by molar-refractivity contribution is 0.0600. The molecule has 2 fully saturated rings. The van der Waals surface area contributed by atoms with Gasteiger partial charge in [0.1, 0.15) is 0 Å². The molecule has 0 amide bonds. The number of carbonyl (C=O) groups excluding carboxylic acids is 1. The second-order valence-corrected chi connectivity index (χ2v) is 7.76. The Hall–Kier alpha value is -2.29.